The molecule has 0 saturated heterocycles. The molecule has 0 aliphatic heterocycles. The second kappa shape index (κ2) is 6.61. The first-order chi connectivity index (χ1) is 9.54. The fourth-order valence-electron chi connectivity index (χ4n) is 3.15. The Morgan fingerprint density at radius 2 is 1.75 bits per heavy atom. The number of hydrogen-bond donors (Lipinski definition) is 1. The average Bonchev–Trinajstić information content (AvgIpc) is 2.44. The molecular formula is C16H22F3N. The summed E-state index contributed by atoms with van der Waals surface area (Å²) in [6, 6.07) is 2.16. The van der Waals surface area contributed by atoms with Gasteiger partial charge in [-0.05, 0) is 37.3 Å². The zero-order valence-corrected chi connectivity index (χ0v) is 12.1. The standard InChI is InChI=1S/C16H22F3N/c1-3-20-16(11-6-4-10(2)5-7-11)12-8-9-13(17)15(19)14(12)18/h8-11,16,20H,3-7H2,1-2H3. The fourth-order valence-corrected chi connectivity index (χ4v) is 3.15. The first-order valence-corrected chi connectivity index (χ1v) is 7.41. The summed E-state index contributed by atoms with van der Waals surface area (Å²) in [6.07, 6.45) is 4.21. The smallest absolute Gasteiger partial charge is 0.194 e. The summed E-state index contributed by atoms with van der Waals surface area (Å²) >= 11 is 0. The maximum atomic E-state index is 14.0. The third-order valence-corrected chi connectivity index (χ3v) is 4.36. The monoisotopic (exact) mass is 285 g/mol. The molecule has 4 heteroatoms. The van der Waals surface area contributed by atoms with Gasteiger partial charge in [0.25, 0.3) is 0 Å². The van der Waals surface area contributed by atoms with Crippen LogP contribution >= 0.6 is 0 Å². The molecular weight excluding hydrogens is 263 g/mol. The van der Waals surface area contributed by atoms with Gasteiger partial charge in [0.15, 0.2) is 17.5 Å². The Hall–Kier alpha value is -1.03. The van der Waals surface area contributed by atoms with Gasteiger partial charge in [-0.1, -0.05) is 32.8 Å². The Labute approximate surface area is 118 Å². The lowest BCUT2D eigenvalue weighted by Crippen LogP contribution is -2.31. The van der Waals surface area contributed by atoms with Crippen molar-refractivity contribution in [3.8, 4) is 0 Å². The Balaban J connectivity index is 2.26. The molecule has 0 aromatic heterocycles. The molecule has 1 fully saturated rings. The molecule has 0 amide bonds. The van der Waals surface area contributed by atoms with E-state index in [-0.39, 0.29) is 17.5 Å². The SMILES string of the molecule is CCNC(c1ccc(F)c(F)c1F)C1CCC(C)CC1. The van der Waals surface area contributed by atoms with Gasteiger partial charge < -0.3 is 5.32 Å². The molecule has 1 saturated carbocycles. The van der Waals surface area contributed by atoms with Gasteiger partial charge in [-0.2, -0.15) is 0 Å². The third-order valence-electron chi connectivity index (χ3n) is 4.36. The van der Waals surface area contributed by atoms with Crippen LogP contribution in [0, 0.1) is 29.3 Å². The van der Waals surface area contributed by atoms with Gasteiger partial charge in [-0.3, -0.25) is 0 Å². The van der Waals surface area contributed by atoms with E-state index in [0.717, 1.165) is 31.7 Å². The van der Waals surface area contributed by atoms with E-state index in [0.29, 0.717) is 12.5 Å². The molecule has 1 unspecified atom stereocenters. The highest BCUT2D eigenvalue weighted by atomic mass is 19.2. The zero-order valence-electron chi connectivity index (χ0n) is 12.1. The lowest BCUT2D eigenvalue weighted by molar-refractivity contribution is 0.228. The van der Waals surface area contributed by atoms with Crippen molar-refractivity contribution in [3.63, 3.8) is 0 Å². The zero-order chi connectivity index (χ0) is 14.7. The summed E-state index contributed by atoms with van der Waals surface area (Å²) in [5.41, 5.74) is 0.255. The van der Waals surface area contributed by atoms with Gasteiger partial charge in [-0.15, -0.1) is 0 Å². The number of halogens is 3. The van der Waals surface area contributed by atoms with Crippen LogP contribution < -0.4 is 5.32 Å². The second-order valence-electron chi connectivity index (χ2n) is 5.82. The lowest BCUT2D eigenvalue weighted by atomic mass is 9.77. The summed E-state index contributed by atoms with van der Waals surface area (Å²) in [5.74, 6) is -2.56. The van der Waals surface area contributed by atoms with Gasteiger partial charge >= 0.3 is 0 Å². The molecule has 0 bridgehead atoms. The summed E-state index contributed by atoms with van der Waals surface area (Å²) in [6.45, 7) is 4.84. The molecule has 20 heavy (non-hydrogen) atoms. The van der Waals surface area contributed by atoms with Gasteiger partial charge in [0.05, 0.1) is 0 Å². The number of rotatable bonds is 4. The van der Waals surface area contributed by atoms with Crippen LogP contribution in [0.4, 0.5) is 13.2 Å². The Morgan fingerprint density at radius 1 is 1.10 bits per heavy atom. The highest BCUT2D eigenvalue weighted by Gasteiger charge is 2.29. The van der Waals surface area contributed by atoms with Gasteiger partial charge in [0.1, 0.15) is 0 Å². The molecule has 1 atom stereocenters. The second-order valence-corrected chi connectivity index (χ2v) is 5.82. The molecule has 2 rings (SSSR count). The van der Waals surface area contributed by atoms with Gasteiger partial charge in [-0.25, -0.2) is 13.2 Å². The average molecular weight is 285 g/mol. The minimum Gasteiger partial charge on any atom is -0.310 e. The van der Waals surface area contributed by atoms with Crippen molar-refractivity contribution < 1.29 is 13.2 Å². The minimum atomic E-state index is -1.37. The van der Waals surface area contributed by atoms with Crippen LogP contribution in [0.25, 0.3) is 0 Å². The molecule has 0 spiro atoms. The Kier molecular flexibility index (Phi) is 5.08. The lowest BCUT2D eigenvalue weighted by Gasteiger charge is -2.33. The van der Waals surface area contributed by atoms with Crippen molar-refractivity contribution >= 4 is 0 Å². The molecule has 0 heterocycles. The largest absolute Gasteiger partial charge is 0.310 e. The Morgan fingerprint density at radius 3 is 2.35 bits per heavy atom. The van der Waals surface area contributed by atoms with Crippen molar-refractivity contribution in [2.45, 2.75) is 45.6 Å². The molecule has 1 N–H and O–H groups in total. The van der Waals surface area contributed by atoms with Crippen molar-refractivity contribution in [1.82, 2.24) is 5.32 Å². The molecule has 1 aromatic carbocycles. The number of benzene rings is 1. The van der Waals surface area contributed by atoms with Gasteiger partial charge in [0, 0.05) is 11.6 Å². The fraction of sp³-hybridized carbons (Fsp3) is 0.625. The highest BCUT2D eigenvalue weighted by molar-refractivity contribution is 5.24. The maximum Gasteiger partial charge on any atom is 0.194 e. The van der Waals surface area contributed by atoms with E-state index in [4.69, 9.17) is 0 Å². The van der Waals surface area contributed by atoms with Crippen LogP contribution in [-0.4, -0.2) is 6.54 Å². The molecule has 1 aliphatic rings. The number of nitrogens with one attached hydrogen (secondary N) is 1. The summed E-state index contributed by atoms with van der Waals surface area (Å²) in [5, 5.41) is 3.24. The quantitative estimate of drug-likeness (QED) is 0.798. The maximum absolute atomic E-state index is 14.0. The van der Waals surface area contributed by atoms with Crippen LogP contribution in [0.15, 0.2) is 12.1 Å². The van der Waals surface area contributed by atoms with Crippen LogP contribution in [0.5, 0.6) is 0 Å². The third kappa shape index (κ3) is 3.17. The van der Waals surface area contributed by atoms with E-state index in [9.17, 15) is 13.2 Å². The van der Waals surface area contributed by atoms with E-state index in [1.54, 1.807) is 0 Å². The van der Waals surface area contributed by atoms with Crippen LogP contribution in [-0.2, 0) is 0 Å². The molecule has 112 valence electrons. The van der Waals surface area contributed by atoms with Crippen LogP contribution in [0.2, 0.25) is 0 Å². The Bertz CT molecular complexity index is 453. The van der Waals surface area contributed by atoms with E-state index >= 15 is 0 Å². The number of hydrogen-bond acceptors (Lipinski definition) is 1. The highest BCUT2D eigenvalue weighted by Crippen LogP contribution is 2.38. The molecule has 1 nitrogen and oxygen atoms in total. The van der Waals surface area contributed by atoms with E-state index in [2.05, 4.69) is 12.2 Å². The summed E-state index contributed by atoms with van der Waals surface area (Å²) in [4.78, 5) is 0. The van der Waals surface area contributed by atoms with E-state index < -0.39 is 17.5 Å². The topological polar surface area (TPSA) is 12.0 Å². The van der Waals surface area contributed by atoms with Crippen molar-refractivity contribution in [3.05, 3.63) is 35.1 Å². The van der Waals surface area contributed by atoms with Crippen LogP contribution in [0.3, 0.4) is 0 Å². The van der Waals surface area contributed by atoms with E-state index in [1.807, 2.05) is 6.92 Å². The van der Waals surface area contributed by atoms with E-state index in [1.165, 1.54) is 6.07 Å². The van der Waals surface area contributed by atoms with Crippen molar-refractivity contribution in [1.29, 1.82) is 0 Å². The summed E-state index contributed by atoms with van der Waals surface area (Å²) in [7, 11) is 0. The van der Waals surface area contributed by atoms with Gasteiger partial charge in [0.2, 0.25) is 0 Å². The first kappa shape index (κ1) is 15.4. The molecule has 0 radical (unpaired) electrons. The first-order valence-electron chi connectivity index (χ1n) is 7.41. The minimum absolute atomic E-state index is 0.234. The predicted octanol–water partition coefficient (Wildman–Crippen LogP) is 4.58. The van der Waals surface area contributed by atoms with Crippen molar-refractivity contribution in [2.24, 2.45) is 11.8 Å². The van der Waals surface area contributed by atoms with Crippen molar-refractivity contribution in [2.75, 3.05) is 6.54 Å². The predicted molar refractivity (Wildman–Crippen MR) is 73.9 cm³/mol. The normalized spacial score (nSPS) is 24.6. The molecule has 1 aliphatic carbocycles. The molecule has 1 aromatic rings. The van der Waals surface area contributed by atoms with Crippen LogP contribution in [0.1, 0.15) is 51.1 Å². The summed E-state index contributed by atoms with van der Waals surface area (Å²) < 4.78 is 40.5.